The number of ether oxygens (including phenoxy) is 1. The summed E-state index contributed by atoms with van der Waals surface area (Å²) in [4.78, 5) is 21.7. The lowest BCUT2D eigenvalue weighted by molar-refractivity contribution is 0.0635. The van der Waals surface area contributed by atoms with E-state index in [2.05, 4.69) is 24.9 Å². The number of anilines is 1. The molecule has 5 nitrogen and oxygen atoms in total. The molecule has 2 aromatic rings. The highest BCUT2D eigenvalue weighted by molar-refractivity contribution is 6.31. The molecule has 2 aromatic carbocycles. The van der Waals surface area contributed by atoms with Crippen LogP contribution in [-0.4, -0.2) is 38.1 Å². The third-order valence-corrected chi connectivity index (χ3v) is 5.18. The van der Waals surface area contributed by atoms with Crippen molar-refractivity contribution < 1.29 is 14.4 Å². The zero-order valence-electron chi connectivity index (χ0n) is 16.7. The number of benzene rings is 2. The topological polar surface area (TPSA) is 42.0 Å². The molecule has 1 heterocycles. The van der Waals surface area contributed by atoms with E-state index in [9.17, 15) is 4.79 Å². The molecular formula is C22H27ClN2O3. The van der Waals surface area contributed by atoms with Gasteiger partial charge in [0.25, 0.3) is 5.91 Å². The van der Waals surface area contributed by atoms with E-state index in [1.807, 2.05) is 12.1 Å². The summed E-state index contributed by atoms with van der Waals surface area (Å²) in [5.41, 5.74) is 3.57. The minimum absolute atomic E-state index is 0.275. The van der Waals surface area contributed by atoms with Crippen LogP contribution in [0.3, 0.4) is 0 Å². The maximum absolute atomic E-state index is 13.5. The van der Waals surface area contributed by atoms with Gasteiger partial charge in [-0.1, -0.05) is 37.1 Å². The second-order valence-corrected chi connectivity index (χ2v) is 7.47. The Balaban J connectivity index is 2.02. The summed E-state index contributed by atoms with van der Waals surface area (Å²) >= 11 is 6.15. The zero-order chi connectivity index (χ0) is 20.1. The lowest BCUT2D eigenvalue weighted by atomic mass is 9.97. The molecule has 0 unspecified atom stereocenters. The molecule has 0 saturated carbocycles. The van der Waals surface area contributed by atoms with Crippen LogP contribution in [0.4, 0.5) is 5.69 Å². The number of nitrogens with zero attached hydrogens (tertiary/aromatic N) is 2. The molecule has 0 fully saturated rings. The van der Waals surface area contributed by atoms with E-state index < -0.39 is 0 Å². The molecule has 1 amide bonds. The molecule has 1 aliphatic rings. The second-order valence-electron chi connectivity index (χ2n) is 7.03. The first kappa shape index (κ1) is 20.6. The Morgan fingerprint density at radius 1 is 1.29 bits per heavy atom. The fourth-order valence-corrected chi connectivity index (χ4v) is 3.59. The van der Waals surface area contributed by atoms with E-state index in [1.54, 1.807) is 25.3 Å². The van der Waals surface area contributed by atoms with Crippen LogP contribution in [0.5, 0.6) is 5.75 Å². The molecule has 3 rings (SSSR count). The van der Waals surface area contributed by atoms with Gasteiger partial charge in [0, 0.05) is 18.1 Å². The van der Waals surface area contributed by atoms with Gasteiger partial charge in [-0.2, -0.15) is 5.06 Å². The second kappa shape index (κ2) is 9.41. The molecule has 0 saturated heterocycles. The number of likely N-dealkylation sites (N-methyl/N-ethyl adjacent to an activating group) is 1. The summed E-state index contributed by atoms with van der Waals surface area (Å²) < 4.78 is 5.39. The van der Waals surface area contributed by atoms with Crippen LogP contribution < -0.4 is 9.80 Å². The summed E-state index contributed by atoms with van der Waals surface area (Å²) in [6.45, 7) is 4.37. The molecule has 0 spiro atoms. The number of rotatable bonds is 7. The van der Waals surface area contributed by atoms with Crippen LogP contribution in [0.1, 0.15) is 41.3 Å². The first-order valence-corrected chi connectivity index (χ1v) is 10.0. The van der Waals surface area contributed by atoms with Gasteiger partial charge < -0.3 is 9.64 Å². The Hall–Kier alpha value is -2.08. The van der Waals surface area contributed by atoms with Crippen molar-refractivity contribution in [3.63, 3.8) is 0 Å². The first-order chi connectivity index (χ1) is 13.5. The summed E-state index contributed by atoms with van der Waals surface area (Å²) in [6, 6.07) is 11.1. The minimum atomic E-state index is -0.275. The Morgan fingerprint density at radius 3 is 2.86 bits per heavy atom. The van der Waals surface area contributed by atoms with E-state index in [-0.39, 0.29) is 5.91 Å². The highest BCUT2D eigenvalue weighted by Gasteiger charge is 2.27. The van der Waals surface area contributed by atoms with Gasteiger partial charge in [-0.05, 0) is 55.3 Å². The largest absolute Gasteiger partial charge is 0.496 e. The van der Waals surface area contributed by atoms with Crippen LogP contribution in [-0.2, 0) is 17.8 Å². The highest BCUT2D eigenvalue weighted by Crippen LogP contribution is 2.32. The smallest absolute Gasteiger partial charge is 0.286 e. The molecule has 0 bridgehead atoms. The van der Waals surface area contributed by atoms with Crippen LogP contribution >= 0.6 is 11.6 Å². The molecule has 150 valence electrons. The summed E-state index contributed by atoms with van der Waals surface area (Å²) in [7, 11) is 3.65. The molecule has 0 N–H and O–H groups in total. The van der Waals surface area contributed by atoms with Crippen LogP contribution in [0.15, 0.2) is 36.4 Å². The number of hydrogen-bond acceptors (Lipinski definition) is 4. The van der Waals surface area contributed by atoms with Crippen molar-refractivity contribution in [2.75, 3.05) is 32.4 Å². The first-order valence-electron chi connectivity index (χ1n) is 9.65. The summed E-state index contributed by atoms with van der Waals surface area (Å²) in [6.07, 6.45) is 2.73. The molecule has 0 atom stereocenters. The van der Waals surface area contributed by atoms with Gasteiger partial charge in [0.2, 0.25) is 0 Å². The number of methoxy groups -OCH3 is 1. The van der Waals surface area contributed by atoms with Gasteiger partial charge in [-0.3, -0.25) is 9.63 Å². The predicted molar refractivity (Wildman–Crippen MR) is 112 cm³/mol. The maximum atomic E-state index is 13.5. The van der Waals surface area contributed by atoms with Gasteiger partial charge >= 0.3 is 0 Å². The Morgan fingerprint density at radius 2 is 2.11 bits per heavy atom. The van der Waals surface area contributed by atoms with Gasteiger partial charge in [-0.15, -0.1) is 0 Å². The average Bonchev–Trinajstić information content (AvgIpc) is 2.70. The van der Waals surface area contributed by atoms with Crippen molar-refractivity contribution in [1.82, 2.24) is 4.90 Å². The SMILES string of the molecule is CCCCON(C(=O)c1cc(Cl)ccc1OC)c1cccc2c1CCN(C)C2. The number of unbranched alkanes of at least 4 members (excludes halogenated alkanes) is 1. The predicted octanol–water partition coefficient (Wildman–Crippen LogP) is 4.72. The number of fused-ring (bicyclic) bond motifs is 1. The molecule has 28 heavy (non-hydrogen) atoms. The molecule has 1 aliphatic heterocycles. The maximum Gasteiger partial charge on any atom is 0.286 e. The average molecular weight is 403 g/mol. The fraction of sp³-hybridized carbons (Fsp3) is 0.409. The molecule has 6 heteroatoms. The molecule has 0 radical (unpaired) electrons. The lowest BCUT2D eigenvalue weighted by Gasteiger charge is -2.30. The Bertz CT molecular complexity index is 841. The lowest BCUT2D eigenvalue weighted by Crippen LogP contribution is -2.35. The van der Waals surface area contributed by atoms with Crippen molar-refractivity contribution in [1.29, 1.82) is 0 Å². The Kier molecular flexibility index (Phi) is 6.94. The van der Waals surface area contributed by atoms with Crippen molar-refractivity contribution in [2.24, 2.45) is 0 Å². The number of amides is 1. The van der Waals surface area contributed by atoms with Gasteiger partial charge in [0.05, 0.1) is 25.0 Å². The zero-order valence-corrected chi connectivity index (χ0v) is 17.5. The van der Waals surface area contributed by atoms with E-state index >= 15 is 0 Å². The normalized spacial score (nSPS) is 13.9. The molecule has 0 aromatic heterocycles. The summed E-state index contributed by atoms with van der Waals surface area (Å²) in [5, 5.41) is 1.91. The number of hydroxylamine groups is 1. The van der Waals surface area contributed by atoms with Crippen molar-refractivity contribution in [3.8, 4) is 5.75 Å². The number of hydrogen-bond donors (Lipinski definition) is 0. The van der Waals surface area contributed by atoms with Gasteiger partial charge in [-0.25, -0.2) is 0 Å². The van der Waals surface area contributed by atoms with Crippen LogP contribution in [0.25, 0.3) is 0 Å². The number of carbonyl (C=O) groups is 1. The van der Waals surface area contributed by atoms with Gasteiger partial charge in [0.1, 0.15) is 5.75 Å². The summed E-state index contributed by atoms with van der Waals surface area (Å²) in [5.74, 6) is 0.200. The van der Waals surface area contributed by atoms with Crippen LogP contribution in [0.2, 0.25) is 5.02 Å². The van der Waals surface area contributed by atoms with E-state index in [0.29, 0.717) is 22.9 Å². The third kappa shape index (κ3) is 4.49. The van der Waals surface area contributed by atoms with E-state index in [1.165, 1.54) is 10.6 Å². The third-order valence-electron chi connectivity index (χ3n) is 4.95. The van der Waals surface area contributed by atoms with Crippen LogP contribution in [0, 0.1) is 0 Å². The molecular weight excluding hydrogens is 376 g/mol. The standard InChI is InChI=1S/C22H27ClN2O3/c1-4-5-13-28-25(22(26)19-14-17(23)9-10-21(19)27-3)20-8-6-7-16-15-24(2)12-11-18(16)20/h6-10,14H,4-5,11-13,15H2,1-3H3. The number of carbonyl (C=O) groups excluding carboxylic acids is 1. The number of halogens is 1. The van der Waals surface area contributed by atoms with Crippen molar-refractivity contribution in [3.05, 3.63) is 58.1 Å². The quantitative estimate of drug-likeness (QED) is 0.496. The monoisotopic (exact) mass is 402 g/mol. The highest BCUT2D eigenvalue weighted by atomic mass is 35.5. The van der Waals surface area contributed by atoms with E-state index in [0.717, 1.165) is 43.6 Å². The minimum Gasteiger partial charge on any atom is -0.496 e. The fourth-order valence-electron chi connectivity index (χ4n) is 3.42. The Labute approximate surface area is 171 Å². The van der Waals surface area contributed by atoms with Gasteiger partial charge in [0.15, 0.2) is 0 Å². The van der Waals surface area contributed by atoms with Crippen molar-refractivity contribution >= 4 is 23.2 Å². The van der Waals surface area contributed by atoms with E-state index in [4.69, 9.17) is 21.2 Å². The molecule has 0 aliphatic carbocycles. The van der Waals surface area contributed by atoms with Crippen molar-refractivity contribution in [2.45, 2.75) is 32.7 Å².